The lowest BCUT2D eigenvalue weighted by molar-refractivity contribution is -0.0329. The van der Waals surface area contributed by atoms with E-state index in [0.717, 1.165) is 6.26 Å². The predicted molar refractivity (Wildman–Crippen MR) is 183 cm³/mol. The molecule has 268 valence electrons. The first-order valence-electron chi connectivity index (χ1n) is 16.3. The molecular weight excluding hydrogens is 675 g/mol. The van der Waals surface area contributed by atoms with E-state index in [1.165, 1.54) is 27.5 Å². The number of aliphatic hydroxyl groups excluding tert-OH is 1. The van der Waals surface area contributed by atoms with Gasteiger partial charge in [-0.1, -0.05) is 18.2 Å². The van der Waals surface area contributed by atoms with Gasteiger partial charge in [0.25, 0.3) is 0 Å². The Labute approximate surface area is 287 Å². The highest BCUT2D eigenvalue weighted by molar-refractivity contribution is 7.90. The second kappa shape index (κ2) is 14.0. The minimum atomic E-state index is -4.10. The van der Waals surface area contributed by atoms with Gasteiger partial charge in [0.05, 0.1) is 35.2 Å². The first kappa shape index (κ1) is 36.8. The highest BCUT2D eigenvalue weighted by Crippen LogP contribution is 2.39. The van der Waals surface area contributed by atoms with Gasteiger partial charge in [0.1, 0.15) is 29.0 Å². The van der Waals surface area contributed by atoms with Crippen LogP contribution < -0.4 is 10.2 Å². The van der Waals surface area contributed by atoms with E-state index in [0.29, 0.717) is 36.7 Å². The van der Waals surface area contributed by atoms with Crippen molar-refractivity contribution in [2.45, 2.75) is 86.6 Å². The second-order valence-electron chi connectivity index (χ2n) is 13.7. The maximum absolute atomic E-state index is 13.8. The van der Waals surface area contributed by atoms with E-state index in [1.54, 1.807) is 55.7 Å². The summed E-state index contributed by atoms with van der Waals surface area (Å²) in [6, 6.07) is 12.4. The Bertz CT molecular complexity index is 1960. The summed E-state index contributed by atoms with van der Waals surface area (Å²) < 4.78 is 72.2. The molecular formula is C34H45N3O10S2. The molecule has 1 N–H and O–H groups in total. The van der Waals surface area contributed by atoms with Gasteiger partial charge in [-0.2, -0.15) is 4.31 Å². The number of fused-ring (bicyclic) bond motifs is 1. The summed E-state index contributed by atoms with van der Waals surface area (Å²) in [6.07, 6.45) is 1.82. The number of pyridine rings is 1. The Balaban J connectivity index is 1.27. The Morgan fingerprint density at radius 2 is 1.80 bits per heavy atom. The number of sulfonamides is 1. The molecule has 1 aromatic heterocycles. The SMILES string of the molecule is CCn1cc(S(=O)(=O)N2CCC3(CC2)C[C@@H](N(C[C@@H](O)COc2cccc(S(C)(=O)=O)c2)C(=O)OC(C)(C)C)CO3)c(=O)c2ccccc21. The number of carbonyl (C=O) groups excluding carboxylic acids is 1. The molecule has 15 heteroatoms. The lowest BCUT2D eigenvalue weighted by Crippen LogP contribution is -2.50. The van der Waals surface area contributed by atoms with Crippen LogP contribution in [0.4, 0.5) is 4.79 Å². The number of carbonyl (C=O) groups is 1. The number of sulfone groups is 1. The maximum Gasteiger partial charge on any atom is 0.410 e. The standard InChI is InChI=1S/C34H45N3O10S2/c1-6-35-21-30(31(39)28-12-7-8-13-29(28)35)49(43,44)36-16-14-34(15-17-36)19-24(22-46-34)37(32(40)47-33(2,3)4)20-25(38)23-45-26-10-9-11-27(18-26)48(5,41)42/h7-13,18,21,24-25,38H,6,14-17,19-20,22-23H2,1-5H3/t24-,25-/m1/s1. The van der Waals surface area contributed by atoms with Crippen molar-refractivity contribution in [3.63, 3.8) is 0 Å². The lowest BCUT2D eigenvalue weighted by Gasteiger charge is -2.38. The smallest absolute Gasteiger partial charge is 0.410 e. The van der Waals surface area contributed by atoms with Crippen molar-refractivity contribution in [2.75, 3.05) is 39.1 Å². The van der Waals surface area contributed by atoms with Crippen LogP contribution in [0.15, 0.2) is 69.3 Å². The largest absolute Gasteiger partial charge is 0.491 e. The summed E-state index contributed by atoms with van der Waals surface area (Å²) in [4.78, 5) is 28.0. The van der Waals surface area contributed by atoms with Gasteiger partial charge in [0.2, 0.25) is 15.5 Å². The number of ether oxygens (including phenoxy) is 3. The van der Waals surface area contributed by atoms with Crippen LogP contribution >= 0.6 is 0 Å². The number of hydrogen-bond acceptors (Lipinski definition) is 10. The minimum Gasteiger partial charge on any atom is -0.491 e. The number of para-hydroxylation sites is 1. The average Bonchev–Trinajstić information content (AvgIpc) is 3.44. The molecule has 0 saturated carbocycles. The molecule has 2 fully saturated rings. The molecule has 3 heterocycles. The Morgan fingerprint density at radius 1 is 1.10 bits per heavy atom. The third-order valence-corrected chi connectivity index (χ3v) is 11.9. The molecule has 3 aromatic rings. The molecule has 49 heavy (non-hydrogen) atoms. The lowest BCUT2D eigenvalue weighted by atomic mass is 9.88. The van der Waals surface area contributed by atoms with Gasteiger partial charge in [-0.25, -0.2) is 21.6 Å². The molecule has 2 aromatic carbocycles. The van der Waals surface area contributed by atoms with Crippen LogP contribution in [0.1, 0.15) is 47.0 Å². The van der Waals surface area contributed by atoms with Crippen molar-refractivity contribution in [3.8, 4) is 5.75 Å². The quantitative estimate of drug-likeness (QED) is 0.329. The third kappa shape index (κ3) is 8.28. The minimum absolute atomic E-state index is 0.0810. The highest BCUT2D eigenvalue weighted by atomic mass is 32.2. The van der Waals surface area contributed by atoms with Crippen molar-refractivity contribution >= 4 is 36.9 Å². The van der Waals surface area contributed by atoms with Gasteiger partial charge in [-0.3, -0.25) is 4.79 Å². The fourth-order valence-corrected chi connectivity index (χ4v) is 8.57. The first-order chi connectivity index (χ1) is 22.9. The van der Waals surface area contributed by atoms with Crippen molar-refractivity contribution in [2.24, 2.45) is 0 Å². The normalized spacial score (nSPS) is 19.2. The van der Waals surface area contributed by atoms with Crippen LogP contribution in [0.5, 0.6) is 5.75 Å². The van der Waals surface area contributed by atoms with E-state index in [4.69, 9.17) is 14.2 Å². The molecule has 0 aliphatic carbocycles. The van der Waals surface area contributed by atoms with Crippen LogP contribution in [-0.4, -0.2) is 104 Å². The van der Waals surface area contributed by atoms with Crippen molar-refractivity contribution in [3.05, 3.63) is 65.0 Å². The fraction of sp³-hybridized carbons (Fsp3) is 0.529. The fourth-order valence-electron chi connectivity index (χ4n) is 6.37. The summed E-state index contributed by atoms with van der Waals surface area (Å²) in [5.41, 5.74) is -1.38. The van der Waals surface area contributed by atoms with Crippen molar-refractivity contribution in [1.29, 1.82) is 0 Å². The number of aliphatic hydroxyl groups is 1. The summed E-state index contributed by atoms with van der Waals surface area (Å²) in [5, 5.41) is 11.3. The van der Waals surface area contributed by atoms with Crippen LogP contribution in [-0.2, 0) is 35.9 Å². The van der Waals surface area contributed by atoms with E-state index in [9.17, 15) is 31.5 Å². The van der Waals surface area contributed by atoms with E-state index >= 15 is 0 Å². The third-order valence-electron chi connectivity index (χ3n) is 8.89. The number of aromatic nitrogens is 1. The number of rotatable bonds is 10. The Kier molecular flexibility index (Phi) is 10.5. The van der Waals surface area contributed by atoms with Gasteiger partial charge < -0.3 is 28.8 Å². The number of benzene rings is 2. The molecule has 0 unspecified atom stereocenters. The van der Waals surface area contributed by atoms with Crippen LogP contribution in [0, 0.1) is 0 Å². The molecule has 2 aliphatic rings. The van der Waals surface area contributed by atoms with E-state index in [1.807, 2.05) is 13.0 Å². The zero-order valence-corrected chi connectivity index (χ0v) is 30.1. The zero-order chi connectivity index (χ0) is 35.8. The summed E-state index contributed by atoms with van der Waals surface area (Å²) in [6.45, 7) is 7.66. The number of hydrogen-bond donors (Lipinski definition) is 1. The van der Waals surface area contributed by atoms with Crippen LogP contribution in [0.3, 0.4) is 0 Å². The molecule has 2 aliphatic heterocycles. The van der Waals surface area contributed by atoms with Crippen LogP contribution in [0.2, 0.25) is 0 Å². The molecule has 0 bridgehead atoms. The molecule has 2 saturated heterocycles. The van der Waals surface area contributed by atoms with Gasteiger partial charge in [-0.15, -0.1) is 0 Å². The topological polar surface area (TPSA) is 162 Å². The van der Waals surface area contributed by atoms with Crippen molar-refractivity contribution in [1.82, 2.24) is 13.8 Å². The van der Waals surface area contributed by atoms with Gasteiger partial charge in [-0.05, 0) is 77.3 Å². The van der Waals surface area contributed by atoms with Crippen LogP contribution in [0.25, 0.3) is 10.9 Å². The monoisotopic (exact) mass is 719 g/mol. The predicted octanol–water partition coefficient (Wildman–Crippen LogP) is 3.41. The van der Waals surface area contributed by atoms with Gasteiger partial charge in [0.15, 0.2) is 9.84 Å². The number of piperidine rings is 1. The number of aryl methyl sites for hydroxylation is 1. The van der Waals surface area contributed by atoms with E-state index in [2.05, 4.69) is 0 Å². The number of nitrogens with zero attached hydrogens (tertiary/aromatic N) is 3. The van der Waals surface area contributed by atoms with Gasteiger partial charge >= 0.3 is 6.09 Å². The summed E-state index contributed by atoms with van der Waals surface area (Å²) >= 11 is 0. The number of amides is 1. The molecule has 0 radical (unpaired) electrons. The van der Waals surface area contributed by atoms with Gasteiger partial charge in [0, 0.05) is 37.5 Å². The Morgan fingerprint density at radius 3 is 2.45 bits per heavy atom. The average molecular weight is 720 g/mol. The molecule has 2 atom stereocenters. The summed E-state index contributed by atoms with van der Waals surface area (Å²) in [5.74, 6) is 0.257. The first-order valence-corrected chi connectivity index (χ1v) is 19.6. The van der Waals surface area contributed by atoms with Crippen molar-refractivity contribution < 1.29 is 40.9 Å². The molecule has 1 spiro atoms. The Hall–Kier alpha value is -3.50. The zero-order valence-electron chi connectivity index (χ0n) is 28.5. The molecule has 5 rings (SSSR count). The maximum atomic E-state index is 13.8. The highest BCUT2D eigenvalue weighted by Gasteiger charge is 2.48. The summed E-state index contributed by atoms with van der Waals surface area (Å²) in [7, 11) is -7.56. The molecule has 1 amide bonds. The molecule has 13 nitrogen and oxygen atoms in total. The van der Waals surface area contributed by atoms with E-state index < -0.39 is 54.7 Å². The van der Waals surface area contributed by atoms with E-state index in [-0.39, 0.29) is 48.4 Å². The second-order valence-corrected chi connectivity index (χ2v) is 17.6.